The molecule has 1 aliphatic carbocycles. The molecular formula is C22H27NO4. The molecule has 1 saturated heterocycles. The number of piperidine rings is 1. The molecule has 1 aliphatic heterocycles. The Labute approximate surface area is 160 Å². The topological polar surface area (TPSA) is 55.8 Å². The molecule has 0 spiro atoms. The lowest BCUT2D eigenvalue weighted by Crippen LogP contribution is -2.58. The first-order chi connectivity index (χ1) is 13.1. The highest BCUT2D eigenvalue weighted by Crippen LogP contribution is 2.30. The van der Waals surface area contributed by atoms with Crippen LogP contribution in [0.3, 0.4) is 0 Å². The van der Waals surface area contributed by atoms with Crippen molar-refractivity contribution < 1.29 is 19.1 Å². The van der Waals surface area contributed by atoms with Gasteiger partial charge in [-0.05, 0) is 50.2 Å². The second kappa shape index (κ2) is 8.89. The molecule has 0 saturated carbocycles. The van der Waals surface area contributed by atoms with Crippen LogP contribution in [-0.2, 0) is 20.9 Å². The van der Waals surface area contributed by atoms with E-state index in [2.05, 4.69) is 12.2 Å². The van der Waals surface area contributed by atoms with Gasteiger partial charge >= 0.3 is 12.1 Å². The number of ether oxygens (including phenoxy) is 2. The van der Waals surface area contributed by atoms with Crippen molar-refractivity contribution in [2.24, 2.45) is 0 Å². The lowest BCUT2D eigenvalue weighted by Gasteiger charge is -2.41. The summed E-state index contributed by atoms with van der Waals surface area (Å²) in [6.45, 7) is 2.72. The first kappa shape index (κ1) is 19.2. The number of amides is 1. The van der Waals surface area contributed by atoms with Crippen LogP contribution in [0.2, 0.25) is 0 Å². The molecule has 1 amide bonds. The molecule has 1 heterocycles. The Balaban J connectivity index is 1.61. The molecule has 5 nitrogen and oxygen atoms in total. The van der Waals surface area contributed by atoms with Crippen LogP contribution in [0.1, 0.15) is 44.6 Å². The second-order valence-corrected chi connectivity index (χ2v) is 7.26. The van der Waals surface area contributed by atoms with E-state index in [0.29, 0.717) is 13.0 Å². The van der Waals surface area contributed by atoms with Crippen molar-refractivity contribution in [3.63, 3.8) is 0 Å². The number of esters is 1. The largest absolute Gasteiger partial charge is 0.459 e. The molecule has 144 valence electrons. The monoisotopic (exact) mass is 369 g/mol. The molecule has 27 heavy (non-hydrogen) atoms. The zero-order valence-electron chi connectivity index (χ0n) is 15.9. The smallest absolute Gasteiger partial charge is 0.411 e. The molecule has 3 rings (SSSR count). The summed E-state index contributed by atoms with van der Waals surface area (Å²) in [4.78, 5) is 27.0. The number of carbonyl (C=O) groups is 2. The third-order valence-corrected chi connectivity index (χ3v) is 5.20. The van der Waals surface area contributed by atoms with Crippen LogP contribution >= 0.6 is 0 Å². The maximum Gasteiger partial charge on any atom is 0.411 e. The fourth-order valence-corrected chi connectivity index (χ4v) is 3.50. The Bertz CT molecular complexity index is 725. The maximum atomic E-state index is 12.8. The summed E-state index contributed by atoms with van der Waals surface area (Å²) >= 11 is 0. The summed E-state index contributed by atoms with van der Waals surface area (Å²) in [7, 11) is 0. The van der Waals surface area contributed by atoms with Crippen molar-refractivity contribution >= 4 is 12.1 Å². The minimum absolute atomic E-state index is 0.193. The second-order valence-electron chi connectivity index (χ2n) is 7.26. The number of rotatable bonds is 5. The fraction of sp³-hybridized carbons (Fsp3) is 0.455. The number of benzene rings is 1. The molecular weight excluding hydrogens is 342 g/mol. The molecule has 1 fully saturated rings. The van der Waals surface area contributed by atoms with Crippen LogP contribution < -0.4 is 0 Å². The van der Waals surface area contributed by atoms with Crippen LogP contribution in [0.4, 0.5) is 4.79 Å². The fourth-order valence-electron chi connectivity index (χ4n) is 3.50. The molecule has 0 N–H and O–H groups in total. The van der Waals surface area contributed by atoms with Crippen LogP contribution in [-0.4, -0.2) is 35.7 Å². The molecule has 0 radical (unpaired) electrons. The third-order valence-electron chi connectivity index (χ3n) is 5.20. The summed E-state index contributed by atoms with van der Waals surface area (Å²) < 4.78 is 11.0. The van der Waals surface area contributed by atoms with Gasteiger partial charge < -0.3 is 9.47 Å². The predicted molar refractivity (Wildman–Crippen MR) is 103 cm³/mol. The number of likely N-dealkylation sites (tertiary alicyclic amines) is 1. The first-order valence-electron chi connectivity index (χ1n) is 9.61. The Morgan fingerprint density at radius 2 is 1.89 bits per heavy atom. The van der Waals surface area contributed by atoms with Gasteiger partial charge in [-0.3, -0.25) is 4.90 Å². The van der Waals surface area contributed by atoms with Gasteiger partial charge in [0.05, 0.1) is 0 Å². The van der Waals surface area contributed by atoms with Gasteiger partial charge in [0.1, 0.15) is 18.8 Å². The Morgan fingerprint density at radius 3 is 2.63 bits per heavy atom. The van der Waals surface area contributed by atoms with E-state index in [4.69, 9.17) is 9.47 Å². The van der Waals surface area contributed by atoms with Gasteiger partial charge in [-0.25, -0.2) is 9.59 Å². The van der Waals surface area contributed by atoms with E-state index in [1.54, 1.807) is 6.92 Å². The lowest BCUT2D eigenvalue weighted by molar-refractivity contribution is -0.157. The van der Waals surface area contributed by atoms with Crippen molar-refractivity contribution in [2.45, 2.75) is 51.2 Å². The number of carbonyl (C=O) groups excluding carboxylic acids is 2. The minimum atomic E-state index is -0.981. The van der Waals surface area contributed by atoms with Crippen LogP contribution in [0, 0.1) is 0 Å². The van der Waals surface area contributed by atoms with Crippen molar-refractivity contribution in [1.29, 1.82) is 0 Å². The molecule has 1 atom stereocenters. The predicted octanol–water partition coefficient (Wildman–Crippen LogP) is 4.39. The average molecular weight is 369 g/mol. The van der Waals surface area contributed by atoms with Gasteiger partial charge in [-0.1, -0.05) is 48.6 Å². The van der Waals surface area contributed by atoms with Crippen LogP contribution in [0.15, 0.2) is 54.1 Å². The Hall–Kier alpha value is -2.56. The number of nitrogens with zero attached hydrogens (tertiary/aromatic N) is 1. The summed E-state index contributed by atoms with van der Waals surface area (Å²) in [5.41, 5.74) is 0.945. The third kappa shape index (κ3) is 4.79. The SMILES string of the molecule is CC1(C(=O)OCC2=CCCC=C2)CCCCN1C(=O)OCc1ccccc1. The summed E-state index contributed by atoms with van der Waals surface area (Å²) in [5, 5.41) is 0. The highest BCUT2D eigenvalue weighted by molar-refractivity contribution is 5.85. The number of allylic oxidation sites excluding steroid dienone is 2. The summed E-state index contributed by atoms with van der Waals surface area (Å²) in [6.07, 6.45) is 10.0. The van der Waals surface area contributed by atoms with Crippen molar-refractivity contribution in [3.8, 4) is 0 Å². The van der Waals surface area contributed by atoms with Gasteiger partial charge in [0, 0.05) is 6.54 Å². The zero-order valence-corrected chi connectivity index (χ0v) is 15.9. The standard InChI is InChI=1S/C22H27NO4/c1-22(20(24)26-16-18-10-4-2-5-11-18)14-8-9-15-23(22)21(25)27-17-19-12-6-3-7-13-19/h3-4,6-7,10-13H,2,5,8-9,14-17H2,1H3. The summed E-state index contributed by atoms with van der Waals surface area (Å²) in [5.74, 6) is -0.362. The van der Waals surface area contributed by atoms with Crippen molar-refractivity contribution in [1.82, 2.24) is 4.90 Å². The van der Waals surface area contributed by atoms with E-state index in [1.807, 2.05) is 36.4 Å². The van der Waals surface area contributed by atoms with E-state index >= 15 is 0 Å². The Kier molecular flexibility index (Phi) is 6.32. The average Bonchev–Trinajstić information content (AvgIpc) is 2.72. The number of hydrogen-bond donors (Lipinski definition) is 0. The highest BCUT2D eigenvalue weighted by Gasteiger charge is 2.46. The Morgan fingerprint density at radius 1 is 1.07 bits per heavy atom. The highest BCUT2D eigenvalue weighted by atomic mass is 16.6. The van der Waals surface area contributed by atoms with E-state index in [0.717, 1.165) is 36.8 Å². The van der Waals surface area contributed by atoms with Crippen LogP contribution in [0.25, 0.3) is 0 Å². The molecule has 1 aromatic carbocycles. The minimum Gasteiger partial charge on any atom is -0.459 e. The molecule has 2 aliphatic rings. The van der Waals surface area contributed by atoms with E-state index in [9.17, 15) is 9.59 Å². The van der Waals surface area contributed by atoms with Crippen LogP contribution in [0.5, 0.6) is 0 Å². The van der Waals surface area contributed by atoms with Gasteiger partial charge in [0.2, 0.25) is 0 Å². The van der Waals surface area contributed by atoms with E-state index in [-0.39, 0.29) is 19.2 Å². The van der Waals surface area contributed by atoms with E-state index in [1.165, 1.54) is 4.90 Å². The van der Waals surface area contributed by atoms with E-state index < -0.39 is 11.6 Å². The summed E-state index contributed by atoms with van der Waals surface area (Å²) in [6, 6.07) is 9.53. The molecule has 0 aromatic heterocycles. The molecule has 0 bridgehead atoms. The normalized spacial score (nSPS) is 22.1. The molecule has 1 unspecified atom stereocenters. The van der Waals surface area contributed by atoms with Gasteiger partial charge in [-0.15, -0.1) is 0 Å². The zero-order chi connectivity index (χ0) is 19.1. The maximum absolute atomic E-state index is 12.8. The molecule has 1 aromatic rings. The van der Waals surface area contributed by atoms with Gasteiger partial charge in [0.25, 0.3) is 0 Å². The van der Waals surface area contributed by atoms with Crippen molar-refractivity contribution in [2.75, 3.05) is 13.2 Å². The lowest BCUT2D eigenvalue weighted by atomic mass is 9.89. The molecule has 5 heteroatoms. The first-order valence-corrected chi connectivity index (χ1v) is 9.61. The van der Waals surface area contributed by atoms with Gasteiger partial charge in [0.15, 0.2) is 0 Å². The quantitative estimate of drug-likeness (QED) is 0.723. The number of hydrogen-bond acceptors (Lipinski definition) is 4. The van der Waals surface area contributed by atoms with Gasteiger partial charge in [-0.2, -0.15) is 0 Å². The van der Waals surface area contributed by atoms with Crippen molar-refractivity contribution in [3.05, 3.63) is 59.7 Å².